The second-order valence-corrected chi connectivity index (χ2v) is 9.45. The first-order valence-corrected chi connectivity index (χ1v) is 11.7. The smallest absolute Gasteiger partial charge is 0.161 e. The molecule has 0 atom stereocenters. The zero-order chi connectivity index (χ0) is 24.0. The molecule has 0 unspecified atom stereocenters. The average molecular weight is 479 g/mol. The predicted octanol–water partition coefficient (Wildman–Crippen LogP) is 7.11. The molecule has 1 aliphatic rings. The van der Waals surface area contributed by atoms with E-state index in [0.717, 1.165) is 16.0 Å². The van der Waals surface area contributed by atoms with Crippen molar-refractivity contribution in [3.05, 3.63) is 81.5 Å². The van der Waals surface area contributed by atoms with Crippen LogP contribution in [0.3, 0.4) is 0 Å². The summed E-state index contributed by atoms with van der Waals surface area (Å²) in [5.41, 5.74) is 1.10. The molecule has 3 nitrogen and oxygen atoms in total. The van der Waals surface area contributed by atoms with Crippen LogP contribution in [0, 0.1) is 11.6 Å². The van der Waals surface area contributed by atoms with Crippen molar-refractivity contribution in [2.24, 2.45) is 0 Å². The van der Waals surface area contributed by atoms with Gasteiger partial charge in [0.2, 0.25) is 0 Å². The van der Waals surface area contributed by atoms with E-state index in [1.807, 2.05) is 38.1 Å². The summed E-state index contributed by atoms with van der Waals surface area (Å²) in [4.78, 5) is 0.931. The van der Waals surface area contributed by atoms with Crippen molar-refractivity contribution in [2.45, 2.75) is 38.7 Å². The quantitative estimate of drug-likeness (QED) is 0.340. The standard InChI is InChI=1S/C26H29F3O3S/c1-26(2,17-8-11-24(30-3)25(14-17)31-4)20-10-9-18(15-23(20)29)33-13-12-32-16-19-21(27)6-5-7-22(19)28/h5-9,11,14H,10,12-13,15-16H2,1-4H3. The first-order chi connectivity index (χ1) is 15.8. The molecule has 0 amide bonds. The Morgan fingerprint density at radius 3 is 2.30 bits per heavy atom. The summed E-state index contributed by atoms with van der Waals surface area (Å²) < 4.78 is 58.5. The van der Waals surface area contributed by atoms with Crippen LogP contribution in [0.25, 0.3) is 0 Å². The minimum absolute atomic E-state index is 0.0737. The molecular formula is C26H29F3O3S. The Balaban J connectivity index is 1.55. The molecule has 0 saturated heterocycles. The Morgan fingerprint density at radius 1 is 0.970 bits per heavy atom. The van der Waals surface area contributed by atoms with Gasteiger partial charge in [-0.05, 0) is 46.7 Å². The number of halogens is 3. The molecule has 3 rings (SSSR count). The van der Waals surface area contributed by atoms with Crippen molar-refractivity contribution < 1.29 is 27.4 Å². The highest BCUT2D eigenvalue weighted by Crippen LogP contribution is 2.44. The highest BCUT2D eigenvalue weighted by Gasteiger charge is 2.31. The summed E-state index contributed by atoms with van der Waals surface area (Å²) in [5, 5.41) is 0. The van der Waals surface area contributed by atoms with Gasteiger partial charge in [0.05, 0.1) is 27.4 Å². The van der Waals surface area contributed by atoms with Crippen LogP contribution in [0.1, 0.15) is 37.8 Å². The molecule has 0 aromatic heterocycles. The molecule has 0 bridgehead atoms. The van der Waals surface area contributed by atoms with E-state index < -0.39 is 17.0 Å². The summed E-state index contributed by atoms with van der Waals surface area (Å²) >= 11 is 1.50. The molecule has 0 fully saturated rings. The van der Waals surface area contributed by atoms with E-state index in [2.05, 4.69) is 0 Å². The summed E-state index contributed by atoms with van der Waals surface area (Å²) in [6.07, 6.45) is 2.79. The number of hydrogen-bond acceptors (Lipinski definition) is 4. The normalized spacial score (nSPS) is 14.3. The van der Waals surface area contributed by atoms with Crippen molar-refractivity contribution in [1.82, 2.24) is 0 Å². The molecule has 0 radical (unpaired) electrons. The van der Waals surface area contributed by atoms with Crippen LogP contribution in [0.15, 0.2) is 58.8 Å². The van der Waals surface area contributed by atoms with Gasteiger partial charge in [0.1, 0.15) is 17.5 Å². The number of rotatable bonds is 10. The van der Waals surface area contributed by atoms with Crippen LogP contribution in [0.5, 0.6) is 11.5 Å². The molecule has 1 aliphatic carbocycles. The van der Waals surface area contributed by atoms with Gasteiger partial charge in [-0.1, -0.05) is 32.1 Å². The summed E-state index contributed by atoms with van der Waals surface area (Å²) in [7, 11) is 3.16. The minimum Gasteiger partial charge on any atom is -0.493 e. The Hall–Kier alpha value is -2.38. The number of methoxy groups -OCH3 is 2. The lowest BCUT2D eigenvalue weighted by Crippen LogP contribution is -2.23. The van der Waals surface area contributed by atoms with Crippen molar-refractivity contribution in [3.63, 3.8) is 0 Å². The fraction of sp³-hybridized carbons (Fsp3) is 0.385. The van der Waals surface area contributed by atoms with Crippen LogP contribution < -0.4 is 9.47 Å². The monoisotopic (exact) mass is 478 g/mol. The predicted molar refractivity (Wildman–Crippen MR) is 126 cm³/mol. The third-order valence-corrected chi connectivity index (χ3v) is 6.93. The van der Waals surface area contributed by atoms with E-state index in [4.69, 9.17) is 14.2 Å². The van der Waals surface area contributed by atoms with E-state index in [9.17, 15) is 8.78 Å². The molecule has 2 aromatic rings. The van der Waals surface area contributed by atoms with Crippen LogP contribution in [-0.4, -0.2) is 26.6 Å². The van der Waals surface area contributed by atoms with Gasteiger partial charge in [-0.2, -0.15) is 0 Å². The molecule has 7 heteroatoms. The second kappa shape index (κ2) is 11.2. The second-order valence-electron chi connectivity index (χ2n) is 8.23. The van der Waals surface area contributed by atoms with Gasteiger partial charge >= 0.3 is 0 Å². The van der Waals surface area contributed by atoms with E-state index in [-0.39, 0.29) is 24.4 Å². The van der Waals surface area contributed by atoms with E-state index in [1.54, 1.807) is 14.2 Å². The van der Waals surface area contributed by atoms with Gasteiger partial charge in [-0.25, -0.2) is 13.2 Å². The first-order valence-electron chi connectivity index (χ1n) is 10.7. The Kier molecular flexibility index (Phi) is 8.54. The highest BCUT2D eigenvalue weighted by atomic mass is 32.2. The SMILES string of the molecule is COc1ccc(C(C)(C)C2=C(F)CC(SCCOCc3c(F)cccc3F)=CC2)cc1OC. The molecule has 178 valence electrons. The topological polar surface area (TPSA) is 27.7 Å². The lowest BCUT2D eigenvalue weighted by atomic mass is 9.74. The van der Waals surface area contributed by atoms with E-state index >= 15 is 4.39 Å². The summed E-state index contributed by atoms with van der Waals surface area (Å²) in [5.74, 6) is 0.456. The number of allylic oxidation sites excluding steroid dienone is 4. The maximum absolute atomic E-state index is 15.1. The molecule has 0 N–H and O–H groups in total. The number of benzene rings is 2. The highest BCUT2D eigenvalue weighted by molar-refractivity contribution is 8.03. The summed E-state index contributed by atoms with van der Waals surface area (Å²) in [6, 6.07) is 9.40. The molecule has 0 aliphatic heterocycles. The van der Waals surface area contributed by atoms with Gasteiger partial charge in [-0.15, -0.1) is 11.8 Å². The van der Waals surface area contributed by atoms with Gasteiger partial charge in [-0.3, -0.25) is 0 Å². The first kappa shape index (κ1) is 25.2. The molecule has 2 aromatic carbocycles. The third kappa shape index (κ3) is 5.95. The average Bonchev–Trinajstić information content (AvgIpc) is 2.79. The number of thioether (sulfide) groups is 1. The molecular weight excluding hydrogens is 449 g/mol. The van der Waals surface area contributed by atoms with E-state index in [1.165, 1.54) is 30.0 Å². The fourth-order valence-corrected chi connectivity index (χ4v) is 4.73. The van der Waals surface area contributed by atoms with Crippen molar-refractivity contribution in [1.29, 1.82) is 0 Å². The van der Waals surface area contributed by atoms with Crippen LogP contribution >= 0.6 is 11.8 Å². The maximum atomic E-state index is 15.1. The zero-order valence-corrected chi connectivity index (χ0v) is 20.2. The van der Waals surface area contributed by atoms with Crippen LogP contribution in [0.2, 0.25) is 0 Å². The van der Waals surface area contributed by atoms with Crippen molar-refractivity contribution in [3.8, 4) is 11.5 Å². The molecule has 0 spiro atoms. The van der Waals surface area contributed by atoms with Crippen molar-refractivity contribution in [2.75, 3.05) is 26.6 Å². The Morgan fingerprint density at radius 2 is 1.67 bits per heavy atom. The lowest BCUT2D eigenvalue weighted by Gasteiger charge is -2.31. The third-order valence-electron chi connectivity index (χ3n) is 5.87. The fourth-order valence-electron chi connectivity index (χ4n) is 3.84. The summed E-state index contributed by atoms with van der Waals surface area (Å²) in [6.45, 7) is 4.19. The van der Waals surface area contributed by atoms with Gasteiger partial charge in [0, 0.05) is 23.2 Å². The van der Waals surface area contributed by atoms with Gasteiger partial charge in [0.15, 0.2) is 11.5 Å². The largest absolute Gasteiger partial charge is 0.493 e. The van der Waals surface area contributed by atoms with Crippen LogP contribution in [0.4, 0.5) is 13.2 Å². The Bertz CT molecular complexity index is 1030. The van der Waals surface area contributed by atoms with E-state index in [0.29, 0.717) is 30.3 Å². The number of ether oxygens (including phenoxy) is 3. The van der Waals surface area contributed by atoms with Gasteiger partial charge < -0.3 is 14.2 Å². The number of hydrogen-bond donors (Lipinski definition) is 0. The molecule has 0 heterocycles. The van der Waals surface area contributed by atoms with Gasteiger partial charge in [0.25, 0.3) is 0 Å². The van der Waals surface area contributed by atoms with Crippen molar-refractivity contribution >= 4 is 11.8 Å². The maximum Gasteiger partial charge on any atom is 0.161 e. The molecule has 33 heavy (non-hydrogen) atoms. The molecule has 0 saturated carbocycles. The minimum atomic E-state index is -0.616. The zero-order valence-electron chi connectivity index (χ0n) is 19.3. The van der Waals surface area contributed by atoms with Crippen LogP contribution in [-0.2, 0) is 16.8 Å². The Labute approximate surface area is 197 Å². The lowest BCUT2D eigenvalue weighted by molar-refractivity contribution is 0.131.